The van der Waals surface area contributed by atoms with Crippen LogP contribution in [0, 0.1) is 11.8 Å². The van der Waals surface area contributed by atoms with E-state index < -0.39 is 38.1 Å². The number of rotatable bonds is 11. The van der Waals surface area contributed by atoms with E-state index >= 15 is 0 Å². The molecule has 1 N–H and O–H groups in total. The number of amides is 3. The van der Waals surface area contributed by atoms with E-state index in [1.807, 2.05) is 57.2 Å². The van der Waals surface area contributed by atoms with Crippen LogP contribution in [0.5, 0.6) is 0 Å². The Morgan fingerprint density at radius 3 is 1.95 bits per heavy atom. The van der Waals surface area contributed by atoms with Crippen molar-refractivity contribution in [3.05, 3.63) is 60.7 Å². The van der Waals surface area contributed by atoms with Crippen LogP contribution in [0.15, 0.2) is 60.7 Å². The van der Waals surface area contributed by atoms with E-state index in [4.69, 9.17) is 13.9 Å². The number of hydrogen-bond acceptors (Lipinski definition) is 6. The molecule has 1 aliphatic heterocycles. The molecule has 0 unspecified atom stereocenters. The molecule has 1 aliphatic rings. The number of benzene rings is 2. The third kappa shape index (κ3) is 8.06. The fraction of sp³-hybridized carbons (Fsp3) is 0.559. The van der Waals surface area contributed by atoms with Crippen LogP contribution in [0.2, 0.25) is 5.04 Å². The van der Waals surface area contributed by atoms with E-state index in [1.165, 1.54) is 4.90 Å². The molecule has 2 aromatic rings. The van der Waals surface area contributed by atoms with E-state index in [9.17, 15) is 14.4 Å². The van der Waals surface area contributed by atoms with Crippen molar-refractivity contribution in [1.29, 1.82) is 0 Å². The van der Waals surface area contributed by atoms with Crippen LogP contribution in [0.1, 0.15) is 75.2 Å². The SMILES string of the molecule is CC[C@@H](C(=O)N1C(=O)OC[C@@H]1C(C)C)[C@@H](CCO[Si](c1ccccc1)(c1ccccc1)C(C)(C)C)NC(=O)OC(C)(C)C. The van der Waals surface area contributed by atoms with Crippen molar-refractivity contribution in [1.82, 2.24) is 10.2 Å². The molecule has 9 heteroatoms. The average molecular weight is 611 g/mol. The maximum Gasteiger partial charge on any atom is 0.416 e. The van der Waals surface area contributed by atoms with Gasteiger partial charge in [0.15, 0.2) is 0 Å². The van der Waals surface area contributed by atoms with Crippen molar-refractivity contribution in [3.8, 4) is 0 Å². The zero-order chi connectivity index (χ0) is 32.0. The quantitative estimate of drug-likeness (QED) is 0.320. The molecule has 0 spiro atoms. The van der Waals surface area contributed by atoms with E-state index in [0.29, 0.717) is 12.8 Å². The second kappa shape index (κ2) is 14.1. The number of cyclic esters (lactones) is 1. The highest BCUT2D eigenvalue weighted by Gasteiger charge is 2.50. The molecule has 3 amide bonds. The van der Waals surface area contributed by atoms with Crippen LogP contribution in [0.4, 0.5) is 9.59 Å². The van der Waals surface area contributed by atoms with Gasteiger partial charge in [-0.25, -0.2) is 14.5 Å². The molecular weight excluding hydrogens is 560 g/mol. The summed E-state index contributed by atoms with van der Waals surface area (Å²) >= 11 is 0. The number of imide groups is 1. The van der Waals surface area contributed by atoms with Crippen LogP contribution >= 0.6 is 0 Å². The Hall–Kier alpha value is -3.17. The molecule has 1 heterocycles. The summed E-state index contributed by atoms with van der Waals surface area (Å²) in [7, 11) is -2.84. The molecule has 8 nitrogen and oxygen atoms in total. The molecule has 0 bridgehead atoms. The fourth-order valence-electron chi connectivity index (χ4n) is 5.92. The first kappa shape index (κ1) is 34.3. The Morgan fingerprint density at radius 1 is 0.977 bits per heavy atom. The van der Waals surface area contributed by atoms with Gasteiger partial charge in [-0.3, -0.25) is 4.79 Å². The van der Waals surface area contributed by atoms with Gasteiger partial charge in [0.25, 0.3) is 8.32 Å². The molecule has 1 saturated heterocycles. The Kier molecular flexibility index (Phi) is 11.2. The molecule has 0 aromatic heterocycles. The zero-order valence-electron chi connectivity index (χ0n) is 27.3. The van der Waals surface area contributed by atoms with E-state index in [-0.39, 0.29) is 36.1 Å². The molecule has 0 saturated carbocycles. The molecule has 236 valence electrons. The van der Waals surface area contributed by atoms with Crippen LogP contribution in [0.3, 0.4) is 0 Å². The minimum Gasteiger partial charge on any atom is -0.447 e. The zero-order valence-corrected chi connectivity index (χ0v) is 28.3. The van der Waals surface area contributed by atoms with Gasteiger partial charge >= 0.3 is 12.2 Å². The first-order valence-corrected chi connectivity index (χ1v) is 17.3. The summed E-state index contributed by atoms with van der Waals surface area (Å²) in [4.78, 5) is 41.0. The second-order valence-electron chi connectivity index (χ2n) is 13.7. The fourth-order valence-corrected chi connectivity index (χ4v) is 10.5. The number of ether oxygens (including phenoxy) is 2. The normalized spacial score (nSPS) is 17.4. The number of carbonyl (C=O) groups excluding carboxylic acids is 3. The standard InChI is InChI=1S/C34H50N2O6Si/c1-10-27(30(37)36-29(24(2)3)23-40-32(36)39)28(35-31(38)42-33(4,5)6)21-22-41-43(34(7,8)9,25-17-13-11-14-18-25)26-19-15-12-16-20-26/h11-20,24,27-29H,10,21-23H2,1-9H3,(H,35,38)/t27-,28-,29-/m1/s1. The van der Waals surface area contributed by atoms with Gasteiger partial charge in [0.05, 0.1) is 12.0 Å². The molecule has 0 radical (unpaired) electrons. The Morgan fingerprint density at radius 2 is 1.51 bits per heavy atom. The van der Waals surface area contributed by atoms with Crippen molar-refractivity contribution in [2.75, 3.05) is 13.2 Å². The molecule has 3 rings (SSSR count). The van der Waals surface area contributed by atoms with Crippen LogP contribution in [-0.2, 0) is 18.7 Å². The molecule has 0 aliphatic carbocycles. The van der Waals surface area contributed by atoms with Crippen molar-refractivity contribution >= 4 is 36.8 Å². The molecule has 3 atom stereocenters. The highest BCUT2D eigenvalue weighted by molar-refractivity contribution is 6.99. The minimum absolute atomic E-state index is 0.0312. The maximum atomic E-state index is 14.0. The molecule has 2 aromatic carbocycles. The topological polar surface area (TPSA) is 94.2 Å². The van der Waals surface area contributed by atoms with Gasteiger partial charge in [-0.2, -0.15) is 0 Å². The number of alkyl carbamates (subject to hydrolysis) is 1. The largest absolute Gasteiger partial charge is 0.447 e. The van der Waals surface area contributed by atoms with Gasteiger partial charge in [-0.05, 0) is 54.9 Å². The Labute approximate surface area is 258 Å². The van der Waals surface area contributed by atoms with Gasteiger partial charge < -0.3 is 19.2 Å². The van der Waals surface area contributed by atoms with Crippen LogP contribution in [-0.4, -0.2) is 62.2 Å². The summed E-state index contributed by atoms with van der Waals surface area (Å²) in [6.07, 6.45) is -0.489. The smallest absolute Gasteiger partial charge is 0.416 e. The Bertz CT molecular complexity index is 1180. The van der Waals surface area contributed by atoms with Crippen LogP contribution in [0.25, 0.3) is 0 Å². The predicted octanol–water partition coefficient (Wildman–Crippen LogP) is 5.88. The summed E-state index contributed by atoms with van der Waals surface area (Å²) in [5.74, 6) is -0.999. The third-order valence-corrected chi connectivity index (χ3v) is 13.1. The lowest BCUT2D eigenvalue weighted by atomic mass is 9.91. The lowest BCUT2D eigenvalue weighted by Gasteiger charge is -2.43. The van der Waals surface area contributed by atoms with Crippen LogP contribution < -0.4 is 15.7 Å². The second-order valence-corrected chi connectivity index (χ2v) is 18.0. The number of carbonyl (C=O) groups is 3. The minimum atomic E-state index is -2.84. The van der Waals surface area contributed by atoms with Crippen molar-refractivity contribution in [2.45, 2.75) is 97.9 Å². The number of nitrogens with one attached hydrogen (secondary N) is 1. The summed E-state index contributed by atoms with van der Waals surface area (Å²) in [6, 6.07) is 19.7. The highest BCUT2D eigenvalue weighted by Crippen LogP contribution is 2.37. The third-order valence-electron chi connectivity index (χ3n) is 8.02. The van der Waals surface area contributed by atoms with Crippen molar-refractivity contribution < 1.29 is 28.3 Å². The summed E-state index contributed by atoms with van der Waals surface area (Å²) in [5.41, 5.74) is -0.715. The van der Waals surface area contributed by atoms with Crippen molar-refractivity contribution in [2.24, 2.45) is 11.8 Å². The van der Waals surface area contributed by atoms with E-state index in [0.717, 1.165) is 10.4 Å². The predicted molar refractivity (Wildman–Crippen MR) is 172 cm³/mol. The van der Waals surface area contributed by atoms with Gasteiger partial charge in [0.2, 0.25) is 5.91 Å². The van der Waals surface area contributed by atoms with Crippen molar-refractivity contribution in [3.63, 3.8) is 0 Å². The van der Waals surface area contributed by atoms with E-state index in [1.54, 1.807) is 20.8 Å². The monoisotopic (exact) mass is 610 g/mol. The summed E-state index contributed by atoms with van der Waals surface area (Å²) in [5, 5.41) is 5.03. The molecule has 1 fully saturated rings. The maximum absolute atomic E-state index is 14.0. The summed E-state index contributed by atoms with van der Waals surface area (Å²) in [6.45, 7) is 18.3. The van der Waals surface area contributed by atoms with Gasteiger partial charge in [0.1, 0.15) is 12.2 Å². The molecule has 43 heavy (non-hydrogen) atoms. The van der Waals surface area contributed by atoms with Gasteiger partial charge in [-0.1, -0.05) is 102 Å². The first-order valence-electron chi connectivity index (χ1n) is 15.4. The first-order chi connectivity index (χ1) is 20.1. The number of nitrogens with zero attached hydrogens (tertiary/aromatic N) is 1. The molecular formula is C34H50N2O6Si. The average Bonchev–Trinajstić information content (AvgIpc) is 3.32. The Balaban J connectivity index is 1.98. The highest BCUT2D eigenvalue weighted by atomic mass is 28.4. The van der Waals surface area contributed by atoms with E-state index in [2.05, 4.69) is 50.4 Å². The number of hydrogen-bond donors (Lipinski definition) is 1. The lowest BCUT2D eigenvalue weighted by molar-refractivity contribution is -0.135. The lowest BCUT2D eigenvalue weighted by Crippen LogP contribution is -2.66. The van der Waals surface area contributed by atoms with Gasteiger partial charge in [-0.15, -0.1) is 0 Å². The summed E-state index contributed by atoms with van der Waals surface area (Å²) < 4.78 is 18.0. The van der Waals surface area contributed by atoms with Gasteiger partial charge in [0, 0.05) is 12.6 Å².